The average Bonchev–Trinajstić information content (AvgIpc) is 2.48. The molecule has 0 fully saturated rings. The molecule has 1 aromatic heterocycles. The number of halogens is 1. The Hall–Kier alpha value is -2.62. The number of nitrogen functional groups attached to an aromatic ring is 1. The van der Waals surface area contributed by atoms with Gasteiger partial charge in [-0.25, -0.2) is 9.37 Å². The molecule has 3 aromatic rings. The van der Waals surface area contributed by atoms with Gasteiger partial charge in [-0.05, 0) is 49.4 Å². The molecule has 0 aliphatic heterocycles. The zero-order chi connectivity index (χ0) is 14.8. The molecule has 0 bridgehead atoms. The minimum absolute atomic E-state index is 0.266. The van der Waals surface area contributed by atoms with Gasteiger partial charge in [-0.2, -0.15) is 0 Å². The van der Waals surface area contributed by atoms with Gasteiger partial charge in [0.25, 0.3) is 0 Å². The van der Waals surface area contributed by atoms with Crippen LogP contribution < -0.4 is 10.5 Å². The number of hydrogen-bond acceptors (Lipinski definition) is 3. The van der Waals surface area contributed by atoms with Crippen LogP contribution in [0.25, 0.3) is 22.2 Å². The summed E-state index contributed by atoms with van der Waals surface area (Å²) < 4.78 is 18.7. The smallest absolute Gasteiger partial charge is 0.130 e. The summed E-state index contributed by atoms with van der Waals surface area (Å²) in [5.41, 5.74) is 8.89. The van der Waals surface area contributed by atoms with Crippen molar-refractivity contribution in [1.29, 1.82) is 0 Å². The molecule has 3 rings (SSSR count). The van der Waals surface area contributed by atoms with Crippen molar-refractivity contribution in [3.8, 4) is 17.0 Å². The number of nitrogens with zero attached hydrogens (tertiary/aromatic N) is 1. The molecule has 21 heavy (non-hydrogen) atoms. The van der Waals surface area contributed by atoms with Crippen molar-refractivity contribution < 1.29 is 9.13 Å². The third kappa shape index (κ3) is 2.65. The molecule has 0 aliphatic rings. The molecule has 2 aromatic carbocycles. The van der Waals surface area contributed by atoms with Gasteiger partial charge in [0.05, 0.1) is 17.8 Å². The van der Waals surface area contributed by atoms with E-state index in [0.717, 1.165) is 27.9 Å². The number of hydrogen-bond donors (Lipinski definition) is 1. The molecule has 0 atom stereocenters. The minimum atomic E-state index is -0.266. The van der Waals surface area contributed by atoms with E-state index in [2.05, 4.69) is 4.98 Å². The van der Waals surface area contributed by atoms with E-state index in [-0.39, 0.29) is 5.82 Å². The highest BCUT2D eigenvalue weighted by Crippen LogP contribution is 2.31. The van der Waals surface area contributed by atoms with Gasteiger partial charge >= 0.3 is 0 Å². The third-order valence-corrected chi connectivity index (χ3v) is 3.23. The number of nitrogens with two attached hydrogens (primary N) is 1. The first-order chi connectivity index (χ1) is 10.2. The van der Waals surface area contributed by atoms with Crippen molar-refractivity contribution in [3.05, 3.63) is 54.3 Å². The van der Waals surface area contributed by atoms with E-state index in [4.69, 9.17) is 10.5 Å². The van der Waals surface area contributed by atoms with Gasteiger partial charge in [-0.15, -0.1) is 0 Å². The first-order valence-corrected chi connectivity index (χ1v) is 6.76. The SMILES string of the molecule is CCOc1cc(-c2ccc(F)cc2)nc2ccc(N)cc12. The number of pyridine rings is 1. The molecule has 0 aliphatic carbocycles. The van der Waals surface area contributed by atoms with E-state index in [0.29, 0.717) is 12.3 Å². The summed E-state index contributed by atoms with van der Waals surface area (Å²) in [5.74, 6) is 0.464. The molecule has 0 saturated heterocycles. The maximum absolute atomic E-state index is 13.0. The molecule has 106 valence electrons. The van der Waals surface area contributed by atoms with Crippen LogP contribution in [0, 0.1) is 5.82 Å². The Bertz CT molecular complexity index is 785. The van der Waals surface area contributed by atoms with Crippen molar-refractivity contribution in [2.45, 2.75) is 6.92 Å². The normalized spacial score (nSPS) is 10.8. The van der Waals surface area contributed by atoms with Crippen LogP contribution in [0.2, 0.25) is 0 Å². The average molecular weight is 282 g/mol. The molecule has 0 amide bonds. The van der Waals surface area contributed by atoms with E-state index >= 15 is 0 Å². The lowest BCUT2D eigenvalue weighted by molar-refractivity contribution is 0.344. The lowest BCUT2D eigenvalue weighted by Gasteiger charge is -2.11. The highest BCUT2D eigenvalue weighted by molar-refractivity contribution is 5.90. The largest absolute Gasteiger partial charge is 0.493 e. The van der Waals surface area contributed by atoms with Gasteiger partial charge in [0, 0.05) is 22.7 Å². The first kappa shape index (κ1) is 13.4. The van der Waals surface area contributed by atoms with Crippen LogP contribution in [-0.4, -0.2) is 11.6 Å². The summed E-state index contributed by atoms with van der Waals surface area (Å²) >= 11 is 0. The maximum atomic E-state index is 13.0. The standard InChI is InChI=1S/C17H15FN2O/c1-2-21-17-10-16(11-3-5-12(18)6-4-11)20-15-8-7-13(19)9-14(15)17/h3-10H,2,19H2,1H3. The monoisotopic (exact) mass is 282 g/mol. The summed E-state index contributed by atoms with van der Waals surface area (Å²) in [6, 6.07) is 13.6. The highest BCUT2D eigenvalue weighted by Gasteiger charge is 2.09. The van der Waals surface area contributed by atoms with Crippen molar-refractivity contribution in [2.24, 2.45) is 0 Å². The Balaban J connectivity index is 2.20. The van der Waals surface area contributed by atoms with Crippen LogP contribution in [0.3, 0.4) is 0 Å². The van der Waals surface area contributed by atoms with Crippen LogP contribution in [0.1, 0.15) is 6.92 Å². The summed E-state index contributed by atoms with van der Waals surface area (Å²) in [5, 5.41) is 0.878. The van der Waals surface area contributed by atoms with Crippen LogP contribution in [0.4, 0.5) is 10.1 Å². The van der Waals surface area contributed by atoms with Crippen LogP contribution >= 0.6 is 0 Å². The Morgan fingerprint density at radius 2 is 1.86 bits per heavy atom. The zero-order valence-electron chi connectivity index (χ0n) is 11.6. The summed E-state index contributed by atoms with van der Waals surface area (Å²) in [6.45, 7) is 2.48. The highest BCUT2D eigenvalue weighted by atomic mass is 19.1. The topological polar surface area (TPSA) is 48.1 Å². The fraction of sp³-hybridized carbons (Fsp3) is 0.118. The fourth-order valence-corrected chi connectivity index (χ4v) is 2.26. The summed E-state index contributed by atoms with van der Waals surface area (Å²) in [7, 11) is 0. The zero-order valence-corrected chi connectivity index (χ0v) is 11.6. The number of anilines is 1. The summed E-state index contributed by atoms with van der Waals surface area (Å²) in [4.78, 5) is 4.60. The first-order valence-electron chi connectivity index (χ1n) is 6.76. The minimum Gasteiger partial charge on any atom is -0.493 e. The molecule has 1 heterocycles. The Morgan fingerprint density at radius 1 is 1.10 bits per heavy atom. The number of ether oxygens (including phenoxy) is 1. The Morgan fingerprint density at radius 3 is 2.57 bits per heavy atom. The van der Waals surface area contributed by atoms with Gasteiger partial charge in [-0.1, -0.05) is 0 Å². The van der Waals surface area contributed by atoms with Gasteiger partial charge in [-0.3, -0.25) is 0 Å². The molecule has 0 unspecified atom stereocenters. The second-order valence-corrected chi connectivity index (χ2v) is 4.72. The van der Waals surface area contributed by atoms with E-state index in [1.54, 1.807) is 18.2 Å². The number of benzene rings is 2. The molecular formula is C17H15FN2O. The van der Waals surface area contributed by atoms with E-state index in [9.17, 15) is 4.39 Å². The third-order valence-electron chi connectivity index (χ3n) is 3.23. The molecule has 0 saturated carbocycles. The predicted molar refractivity (Wildman–Crippen MR) is 82.7 cm³/mol. The second-order valence-electron chi connectivity index (χ2n) is 4.72. The van der Waals surface area contributed by atoms with Crippen molar-refractivity contribution in [1.82, 2.24) is 4.98 Å². The maximum Gasteiger partial charge on any atom is 0.130 e. The summed E-state index contributed by atoms with van der Waals surface area (Å²) in [6.07, 6.45) is 0. The Kier molecular flexibility index (Phi) is 3.44. The van der Waals surface area contributed by atoms with Gasteiger partial charge in [0.1, 0.15) is 11.6 Å². The Labute approximate surface area is 122 Å². The predicted octanol–water partition coefficient (Wildman–Crippen LogP) is 4.02. The van der Waals surface area contributed by atoms with E-state index < -0.39 is 0 Å². The lowest BCUT2D eigenvalue weighted by atomic mass is 10.1. The lowest BCUT2D eigenvalue weighted by Crippen LogP contribution is -1.96. The number of fused-ring (bicyclic) bond motifs is 1. The van der Waals surface area contributed by atoms with Crippen LogP contribution in [0.15, 0.2) is 48.5 Å². The van der Waals surface area contributed by atoms with Crippen LogP contribution in [0.5, 0.6) is 5.75 Å². The molecule has 0 radical (unpaired) electrons. The van der Waals surface area contributed by atoms with Gasteiger partial charge in [0.2, 0.25) is 0 Å². The number of rotatable bonds is 3. The van der Waals surface area contributed by atoms with E-state index in [1.165, 1.54) is 12.1 Å². The molecule has 2 N–H and O–H groups in total. The molecule has 3 nitrogen and oxygen atoms in total. The van der Waals surface area contributed by atoms with Crippen molar-refractivity contribution in [3.63, 3.8) is 0 Å². The molecule has 0 spiro atoms. The van der Waals surface area contributed by atoms with Crippen molar-refractivity contribution >= 4 is 16.6 Å². The van der Waals surface area contributed by atoms with Gasteiger partial charge in [0.15, 0.2) is 0 Å². The fourth-order valence-electron chi connectivity index (χ4n) is 2.26. The van der Waals surface area contributed by atoms with Crippen LogP contribution in [-0.2, 0) is 0 Å². The second kappa shape index (κ2) is 5.40. The molecular weight excluding hydrogens is 267 g/mol. The van der Waals surface area contributed by atoms with Gasteiger partial charge < -0.3 is 10.5 Å². The molecule has 4 heteroatoms. The number of aromatic nitrogens is 1. The van der Waals surface area contributed by atoms with Crippen molar-refractivity contribution in [2.75, 3.05) is 12.3 Å². The quantitative estimate of drug-likeness (QED) is 0.738. The van der Waals surface area contributed by atoms with E-state index in [1.807, 2.05) is 25.1 Å².